The highest BCUT2D eigenvalue weighted by Crippen LogP contribution is 2.22. The summed E-state index contributed by atoms with van der Waals surface area (Å²) in [6.07, 6.45) is 12.7. The van der Waals surface area contributed by atoms with Gasteiger partial charge in [0.05, 0.1) is 5.60 Å². The van der Waals surface area contributed by atoms with E-state index in [-0.39, 0.29) is 5.78 Å². The van der Waals surface area contributed by atoms with E-state index in [0.717, 1.165) is 44.1 Å². The van der Waals surface area contributed by atoms with Crippen LogP contribution in [0.25, 0.3) is 0 Å². The monoisotopic (exact) mass is 294 g/mol. The van der Waals surface area contributed by atoms with Crippen molar-refractivity contribution in [2.45, 2.75) is 85.2 Å². The minimum Gasteiger partial charge on any atom is -0.390 e. The van der Waals surface area contributed by atoms with Gasteiger partial charge in [0.25, 0.3) is 0 Å². The van der Waals surface area contributed by atoms with Gasteiger partial charge in [-0.2, -0.15) is 0 Å². The average molecular weight is 294 g/mol. The van der Waals surface area contributed by atoms with Crippen LogP contribution in [0.4, 0.5) is 0 Å². The second kappa shape index (κ2) is 10.8. The van der Waals surface area contributed by atoms with Gasteiger partial charge in [0.1, 0.15) is 0 Å². The summed E-state index contributed by atoms with van der Waals surface area (Å²) in [5.74, 6) is 0.856. The van der Waals surface area contributed by atoms with Crippen LogP contribution in [0.1, 0.15) is 79.6 Å². The molecular formula is C19H34O2. The number of hydrogen-bond acceptors (Lipinski definition) is 2. The van der Waals surface area contributed by atoms with Gasteiger partial charge >= 0.3 is 0 Å². The minimum atomic E-state index is -0.506. The normalized spacial score (nSPS) is 17.0. The van der Waals surface area contributed by atoms with Gasteiger partial charge in [0.2, 0.25) is 0 Å². The zero-order valence-corrected chi connectivity index (χ0v) is 14.6. The Morgan fingerprint density at radius 2 is 1.95 bits per heavy atom. The summed E-state index contributed by atoms with van der Waals surface area (Å²) in [5, 5.41) is 10.0. The molecule has 2 nitrogen and oxygen atoms in total. The first kappa shape index (κ1) is 20.1. The predicted octanol–water partition coefficient (Wildman–Crippen LogP) is 5.22. The van der Waals surface area contributed by atoms with E-state index in [9.17, 15) is 9.90 Å². The first-order valence-electron chi connectivity index (χ1n) is 8.44. The Kier molecular flexibility index (Phi) is 10.3. The summed E-state index contributed by atoms with van der Waals surface area (Å²) in [4.78, 5) is 11.3. The topological polar surface area (TPSA) is 37.3 Å². The predicted molar refractivity (Wildman–Crippen MR) is 91.4 cm³/mol. The Balaban J connectivity index is 4.16. The zero-order chi connectivity index (χ0) is 16.3. The Labute approximate surface area is 131 Å². The van der Waals surface area contributed by atoms with Gasteiger partial charge in [0, 0.05) is 6.42 Å². The molecule has 0 spiro atoms. The molecule has 2 heteroatoms. The summed E-state index contributed by atoms with van der Waals surface area (Å²) in [5.41, 5.74) is 0.527. The van der Waals surface area contributed by atoms with Gasteiger partial charge in [-0.3, -0.25) is 4.79 Å². The van der Waals surface area contributed by atoms with E-state index in [1.54, 1.807) is 6.08 Å². The Morgan fingerprint density at radius 1 is 1.29 bits per heavy atom. The quantitative estimate of drug-likeness (QED) is 0.419. The van der Waals surface area contributed by atoms with E-state index in [0.29, 0.717) is 12.3 Å². The maximum atomic E-state index is 11.3. The fraction of sp³-hybridized carbons (Fsp3) is 0.737. The number of carbonyl (C=O) groups excluding carboxylic acids is 1. The second-order valence-electron chi connectivity index (χ2n) is 6.36. The van der Waals surface area contributed by atoms with Gasteiger partial charge < -0.3 is 5.11 Å². The van der Waals surface area contributed by atoms with Crippen molar-refractivity contribution in [1.82, 2.24) is 0 Å². The van der Waals surface area contributed by atoms with Gasteiger partial charge in [-0.25, -0.2) is 0 Å². The number of carbonyl (C=O) groups is 1. The van der Waals surface area contributed by atoms with Crippen molar-refractivity contribution >= 4 is 5.78 Å². The second-order valence-corrected chi connectivity index (χ2v) is 6.36. The van der Waals surface area contributed by atoms with Crippen LogP contribution in [-0.2, 0) is 4.79 Å². The molecule has 0 bridgehead atoms. The summed E-state index contributed by atoms with van der Waals surface area (Å²) < 4.78 is 0. The zero-order valence-electron chi connectivity index (χ0n) is 14.6. The van der Waals surface area contributed by atoms with Crippen molar-refractivity contribution in [3.05, 3.63) is 23.8 Å². The number of rotatable bonds is 11. The van der Waals surface area contributed by atoms with Crippen molar-refractivity contribution < 1.29 is 9.90 Å². The Bertz CT molecular complexity index is 351. The summed E-state index contributed by atoms with van der Waals surface area (Å²) in [7, 11) is 0. The minimum absolute atomic E-state index is 0.186. The highest BCUT2D eigenvalue weighted by Gasteiger charge is 2.17. The molecule has 0 aromatic rings. The van der Waals surface area contributed by atoms with Crippen LogP contribution in [0.15, 0.2) is 23.8 Å². The Hall–Kier alpha value is -0.890. The number of hydrogen-bond donors (Lipinski definition) is 1. The summed E-state index contributed by atoms with van der Waals surface area (Å²) >= 11 is 0. The summed E-state index contributed by atoms with van der Waals surface area (Å²) in [6.45, 7) is 10.0. The lowest BCUT2D eigenvalue weighted by molar-refractivity contribution is -0.114. The molecule has 0 saturated heterocycles. The van der Waals surface area contributed by atoms with Gasteiger partial charge in [-0.15, -0.1) is 0 Å². The molecule has 0 rings (SSSR count). The first-order chi connectivity index (χ1) is 9.84. The molecule has 2 unspecified atom stereocenters. The molecule has 0 aliphatic heterocycles. The molecule has 21 heavy (non-hydrogen) atoms. The van der Waals surface area contributed by atoms with E-state index >= 15 is 0 Å². The molecule has 0 amide bonds. The maximum Gasteiger partial charge on any atom is 0.155 e. The van der Waals surface area contributed by atoms with Crippen LogP contribution in [0.5, 0.6) is 0 Å². The molecule has 0 radical (unpaired) electrons. The number of aliphatic hydroxyl groups is 1. The molecule has 122 valence electrons. The van der Waals surface area contributed by atoms with Crippen LogP contribution in [0.2, 0.25) is 0 Å². The molecule has 0 fully saturated rings. The fourth-order valence-electron chi connectivity index (χ4n) is 2.29. The van der Waals surface area contributed by atoms with E-state index < -0.39 is 5.60 Å². The van der Waals surface area contributed by atoms with Gasteiger partial charge in [0.15, 0.2) is 5.78 Å². The smallest absolute Gasteiger partial charge is 0.155 e. The van der Waals surface area contributed by atoms with E-state index in [4.69, 9.17) is 0 Å². The van der Waals surface area contributed by atoms with Crippen LogP contribution in [0.3, 0.4) is 0 Å². The molecule has 0 aliphatic carbocycles. The third-order valence-electron chi connectivity index (χ3n) is 4.25. The van der Waals surface area contributed by atoms with Crippen LogP contribution < -0.4 is 0 Å². The SMILES string of the molecule is CCC(=O)C=C(C)C=CCC(CC)CCCC(C)(O)CC. The third kappa shape index (κ3) is 10.5. The molecule has 0 aromatic carbocycles. The molecule has 0 aromatic heterocycles. The number of allylic oxidation sites excluding steroid dienone is 4. The lowest BCUT2D eigenvalue weighted by atomic mass is 9.90. The maximum absolute atomic E-state index is 11.3. The lowest BCUT2D eigenvalue weighted by Crippen LogP contribution is -2.22. The third-order valence-corrected chi connectivity index (χ3v) is 4.25. The highest BCUT2D eigenvalue weighted by atomic mass is 16.3. The van der Waals surface area contributed by atoms with Gasteiger partial charge in [-0.1, -0.05) is 52.2 Å². The Morgan fingerprint density at radius 3 is 2.48 bits per heavy atom. The van der Waals surface area contributed by atoms with E-state index in [1.807, 2.05) is 27.7 Å². The first-order valence-corrected chi connectivity index (χ1v) is 8.44. The van der Waals surface area contributed by atoms with Crippen molar-refractivity contribution in [3.63, 3.8) is 0 Å². The average Bonchev–Trinajstić information content (AvgIpc) is 2.45. The van der Waals surface area contributed by atoms with Crippen molar-refractivity contribution in [2.75, 3.05) is 0 Å². The largest absolute Gasteiger partial charge is 0.390 e. The molecular weight excluding hydrogens is 260 g/mol. The van der Waals surface area contributed by atoms with Crippen molar-refractivity contribution in [1.29, 1.82) is 0 Å². The van der Waals surface area contributed by atoms with Crippen molar-refractivity contribution in [3.8, 4) is 0 Å². The van der Waals surface area contributed by atoms with Crippen LogP contribution >= 0.6 is 0 Å². The molecule has 0 heterocycles. The van der Waals surface area contributed by atoms with E-state index in [1.165, 1.54) is 0 Å². The molecule has 0 aliphatic rings. The van der Waals surface area contributed by atoms with Crippen molar-refractivity contribution in [2.24, 2.45) is 5.92 Å². The number of ketones is 1. The molecule has 2 atom stereocenters. The van der Waals surface area contributed by atoms with E-state index in [2.05, 4.69) is 19.1 Å². The van der Waals surface area contributed by atoms with Crippen LogP contribution in [-0.4, -0.2) is 16.5 Å². The highest BCUT2D eigenvalue weighted by molar-refractivity contribution is 5.90. The lowest BCUT2D eigenvalue weighted by Gasteiger charge is -2.22. The van der Waals surface area contributed by atoms with Crippen LogP contribution in [0, 0.1) is 5.92 Å². The standard InChI is InChI=1S/C19H34O2/c1-6-17(13-10-14-19(5,21)8-3)12-9-11-16(4)15-18(20)7-2/h9,11,15,17,21H,6-8,10,12-14H2,1-5H3. The molecule has 1 N–H and O–H groups in total. The summed E-state index contributed by atoms with van der Waals surface area (Å²) in [6, 6.07) is 0. The fourth-order valence-corrected chi connectivity index (χ4v) is 2.29. The molecule has 0 saturated carbocycles. The van der Waals surface area contributed by atoms with Gasteiger partial charge in [-0.05, 0) is 50.7 Å².